The number of alkyl carbamates (subject to hydrolysis) is 1. The van der Waals surface area contributed by atoms with Gasteiger partial charge in [-0.15, -0.1) is 0 Å². The molecule has 4 aliphatic rings. The number of nitrogens with one attached hydrogen (secondary N) is 2. The summed E-state index contributed by atoms with van der Waals surface area (Å²) in [4.78, 5) is 90.1. The van der Waals surface area contributed by atoms with Crippen LogP contribution in [-0.2, 0) is 30.3 Å². The van der Waals surface area contributed by atoms with Gasteiger partial charge in [0.15, 0.2) is 34.7 Å². The molecule has 5 atom stereocenters. The van der Waals surface area contributed by atoms with Crippen molar-refractivity contribution >= 4 is 46.9 Å². The molecule has 2 saturated carbocycles. The van der Waals surface area contributed by atoms with Crippen molar-refractivity contribution in [3.05, 3.63) is 82.9 Å². The van der Waals surface area contributed by atoms with Crippen LogP contribution in [0.5, 0.6) is 5.75 Å². The number of aliphatic hydroxyl groups is 1. The fourth-order valence-electron chi connectivity index (χ4n) is 7.92. The second kappa shape index (κ2) is 11.2. The summed E-state index contributed by atoms with van der Waals surface area (Å²) in [6.07, 6.45) is -1.43. The van der Waals surface area contributed by atoms with Crippen LogP contribution in [0.1, 0.15) is 45.8 Å². The molecule has 0 aliphatic heterocycles. The Balaban J connectivity index is 1.05. The number of aromatic hydroxyl groups is 1. The van der Waals surface area contributed by atoms with E-state index in [1.807, 2.05) is 53.8 Å². The number of Topliss-reactive ketones (excluding diaryl/α,β-unsaturated/α-hetero) is 4. The number of rotatable bonds is 4. The third kappa shape index (κ3) is 4.60. The normalized spacial score (nSPS) is 25.6. The van der Waals surface area contributed by atoms with Crippen LogP contribution in [0.4, 0.5) is 15.3 Å². The molecule has 0 spiro atoms. The lowest BCUT2D eigenvalue weighted by Crippen LogP contribution is -2.68. The Bertz CT molecular complexity index is 1940. The summed E-state index contributed by atoms with van der Waals surface area (Å²) in [7, 11) is 0. The Kier molecular flexibility index (Phi) is 7.24. The first-order chi connectivity index (χ1) is 22.9. The molecule has 0 radical (unpaired) electrons. The number of phenolic OH excluding ortho intramolecular Hbond substituents is 1. The summed E-state index contributed by atoms with van der Waals surface area (Å²) in [5.74, 6) is -11.8. The van der Waals surface area contributed by atoms with E-state index in [4.69, 9.17) is 10.5 Å². The first kappa shape index (κ1) is 30.9. The average Bonchev–Trinajstić information content (AvgIpc) is 3.36. The number of benzene rings is 3. The Hall–Kier alpha value is -5.69. The first-order valence-electron chi connectivity index (χ1n) is 15.4. The van der Waals surface area contributed by atoms with Gasteiger partial charge in [0, 0.05) is 18.3 Å². The van der Waals surface area contributed by atoms with E-state index in [9.17, 15) is 43.8 Å². The highest BCUT2D eigenvalue weighted by Gasteiger charge is 2.66. The number of anilines is 1. The van der Waals surface area contributed by atoms with Gasteiger partial charge in [0.1, 0.15) is 12.4 Å². The molecule has 0 aromatic heterocycles. The van der Waals surface area contributed by atoms with Crippen LogP contribution in [0.2, 0.25) is 0 Å². The number of phenols is 1. The van der Waals surface area contributed by atoms with Crippen molar-refractivity contribution in [1.29, 1.82) is 0 Å². The highest BCUT2D eigenvalue weighted by Crippen LogP contribution is 2.50. The van der Waals surface area contributed by atoms with Gasteiger partial charge in [-0.1, -0.05) is 54.6 Å². The van der Waals surface area contributed by atoms with Crippen molar-refractivity contribution < 1.29 is 48.5 Å². The van der Waals surface area contributed by atoms with Gasteiger partial charge in [0.2, 0.25) is 5.91 Å². The van der Waals surface area contributed by atoms with Crippen LogP contribution in [-0.4, -0.2) is 63.6 Å². The first-order valence-corrected chi connectivity index (χ1v) is 15.4. The molecule has 2 fully saturated rings. The predicted molar refractivity (Wildman–Crippen MR) is 166 cm³/mol. The minimum atomic E-state index is -2.77. The lowest BCUT2D eigenvalue weighted by molar-refractivity contribution is -0.175. The van der Waals surface area contributed by atoms with Gasteiger partial charge in [0.25, 0.3) is 0 Å². The number of primary amides is 1. The summed E-state index contributed by atoms with van der Waals surface area (Å²) >= 11 is 0. The maximum atomic E-state index is 13.7. The van der Waals surface area contributed by atoms with E-state index in [1.165, 1.54) is 12.1 Å². The second-order valence-electron chi connectivity index (χ2n) is 12.6. The minimum Gasteiger partial charge on any atom is -0.505 e. The molecule has 0 saturated heterocycles. The van der Waals surface area contributed by atoms with Crippen LogP contribution in [0.25, 0.3) is 11.1 Å². The van der Waals surface area contributed by atoms with E-state index in [0.717, 1.165) is 22.3 Å². The molecular weight excluding hydrogens is 622 g/mol. The van der Waals surface area contributed by atoms with Crippen LogP contribution in [0, 0.1) is 23.7 Å². The Morgan fingerprint density at radius 3 is 2.19 bits per heavy atom. The maximum absolute atomic E-state index is 13.7. The standard InChI is InChI=1S/C35H29N3O10/c36-32(44)27-24(39)13-17-12-16-11-15-9-10-23(28(40)25(15)29(41)26(16)30(42)35(17,47)31(27)43)37-33(45)38-34(46)48-14-22-20-7-3-1-5-18(20)19-6-2-4-8-21(19)22/h1-10,16-17,22,26-27,40,47H,11-14H2,(H2,36,44)(H2,37,38,45,46)/t16-,17-,26?,27?,35-/m0/s1. The van der Waals surface area contributed by atoms with E-state index in [1.54, 1.807) is 0 Å². The van der Waals surface area contributed by atoms with E-state index in [0.29, 0.717) is 5.56 Å². The van der Waals surface area contributed by atoms with Gasteiger partial charge in [0.05, 0.1) is 17.2 Å². The van der Waals surface area contributed by atoms with Gasteiger partial charge < -0.3 is 26.0 Å². The van der Waals surface area contributed by atoms with Gasteiger partial charge >= 0.3 is 12.1 Å². The predicted octanol–water partition coefficient (Wildman–Crippen LogP) is 2.40. The van der Waals surface area contributed by atoms with E-state index >= 15 is 0 Å². The summed E-state index contributed by atoms with van der Waals surface area (Å²) < 4.78 is 5.38. The largest absolute Gasteiger partial charge is 0.505 e. The van der Waals surface area contributed by atoms with E-state index < -0.39 is 82.6 Å². The summed E-state index contributed by atoms with van der Waals surface area (Å²) in [6.45, 7) is -0.0492. The van der Waals surface area contributed by atoms with Crippen LogP contribution in [0.3, 0.4) is 0 Å². The Labute approximate surface area is 272 Å². The maximum Gasteiger partial charge on any atom is 0.415 e. The number of hydrogen-bond donors (Lipinski definition) is 5. The monoisotopic (exact) mass is 651 g/mol. The smallest absolute Gasteiger partial charge is 0.415 e. The van der Waals surface area contributed by atoms with E-state index in [2.05, 4.69) is 5.32 Å². The van der Waals surface area contributed by atoms with Crippen molar-refractivity contribution in [3.8, 4) is 16.9 Å². The van der Waals surface area contributed by atoms with Crippen molar-refractivity contribution in [2.75, 3.05) is 11.9 Å². The number of ketones is 4. The molecule has 3 aromatic carbocycles. The van der Waals surface area contributed by atoms with E-state index in [-0.39, 0.29) is 36.6 Å². The Morgan fingerprint density at radius 2 is 1.54 bits per heavy atom. The number of ether oxygens (including phenoxy) is 1. The zero-order valence-electron chi connectivity index (χ0n) is 25.2. The van der Waals surface area contributed by atoms with Crippen molar-refractivity contribution in [2.24, 2.45) is 29.4 Å². The molecule has 7 rings (SSSR count). The molecule has 244 valence electrons. The number of nitrogens with two attached hydrogens (primary N) is 1. The molecule has 13 heteroatoms. The molecule has 0 bridgehead atoms. The molecular formula is C35H29N3O10. The van der Waals surface area contributed by atoms with Gasteiger partial charge in [-0.25, -0.2) is 14.9 Å². The van der Waals surface area contributed by atoms with Gasteiger partial charge in [-0.2, -0.15) is 0 Å². The van der Waals surface area contributed by atoms with Crippen molar-refractivity contribution in [3.63, 3.8) is 0 Å². The molecule has 48 heavy (non-hydrogen) atoms. The summed E-state index contributed by atoms with van der Waals surface area (Å²) in [6, 6.07) is 17.2. The number of urea groups is 1. The quantitative estimate of drug-likeness (QED) is 0.205. The lowest BCUT2D eigenvalue weighted by atomic mass is 9.54. The summed E-state index contributed by atoms with van der Waals surface area (Å²) in [5, 5.41) is 26.7. The SMILES string of the molecule is NC(=O)C1C(=O)C[C@@H]2C[C@@H]3Cc4ccc(NC(=O)NC(=O)OCC5c6ccccc6-c6ccccc65)c(O)c4C(=O)C3C(=O)[C@]2(O)C1=O. The number of hydrogen-bond acceptors (Lipinski definition) is 10. The molecule has 3 aromatic rings. The third-order valence-corrected chi connectivity index (χ3v) is 10.1. The molecule has 4 amide bonds. The van der Waals surface area contributed by atoms with Gasteiger partial charge in [-0.05, 0) is 52.6 Å². The fraction of sp³-hybridized carbons (Fsp3) is 0.286. The summed E-state index contributed by atoms with van der Waals surface area (Å²) in [5.41, 5.74) is 6.27. The van der Waals surface area contributed by atoms with Crippen LogP contribution in [0.15, 0.2) is 60.7 Å². The zero-order chi connectivity index (χ0) is 34.1. The number of carbonyl (C=O) groups excluding carboxylic acids is 7. The molecule has 6 N–H and O–H groups in total. The molecule has 13 nitrogen and oxygen atoms in total. The molecule has 2 unspecified atom stereocenters. The van der Waals surface area contributed by atoms with Crippen molar-refractivity contribution in [1.82, 2.24) is 5.32 Å². The minimum absolute atomic E-state index is 0.0373. The number of imide groups is 1. The zero-order valence-corrected chi connectivity index (χ0v) is 25.2. The lowest BCUT2D eigenvalue weighted by Gasteiger charge is -2.48. The number of carbonyl (C=O) groups is 7. The van der Waals surface area contributed by atoms with Crippen LogP contribution >= 0.6 is 0 Å². The average molecular weight is 652 g/mol. The number of amides is 4. The van der Waals surface area contributed by atoms with Crippen LogP contribution < -0.4 is 16.4 Å². The molecule has 0 heterocycles. The third-order valence-electron chi connectivity index (χ3n) is 10.1. The molecule has 4 aliphatic carbocycles. The number of fused-ring (bicyclic) bond motifs is 6. The second-order valence-corrected chi connectivity index (χ2v) is 12.6. The Morgan fingerprint density at radius 1 is 0.896 bits per heavy atom. The highest BCUT2D eigenvalue weighted by atomic mass is 16.5. The van der Waals surface area contributed by atoms with Crippen molar-refractivity contribution in [2.45, 2.75) is 30.8 Å². The topological polar surface area (TPSA) is 219 Å². The highest BCUT2D eigenvalue weighted by molar-refractivity contribution is 6.31. The van der Waals surface area contributed by atoms with Gasteiger partial charge in [-0.3, -0.25) is 24.0 Å². The fourth-order valence-corrected chi connectivity index (χ4v) is 7.92.